The molecule has 1 saturated heterocycles. The van der Waals surface area contributed by atoms with Gasteiger partial charge in [-0.3, -0.25) is 0 Å². The zero-order valence-corrected chi connectivity index (χ0v) is 24.2. The lowest BCUT2D eigenvalue weighted by atomic mass is 9.96. The molecule has 6 nitrogen and oxygen atoms in total. The number of carbonyl (C=O) groups excluding carboxylic acids is 1. The first-order chi connectivity index (χ1) is 18.8. The lowest BCUT2D eigenvalue weighted by molar-refractivity contribution is 0.00149. The molecule has 2 aromatic carbocycles. The first-order valence-electron chi connectivity index (χ1n) is 14.0. The minimum absolute atomic E-state index is 0.184. The Morgan fingerprint density at radius 2 is 1.79 bits per heavy atom. The van der Waals surface area contributed by atoms with Crippen LogP contribution in [0.15, 0.2) is 48.7 Å². The van der Waals surface area contributed by atoms with Crippen molar-refractivity contribution >= 4 is 34.9 Å². The molecule has 0 radical (unpaired) electrons. The molecule has 39 heavy (non-hydrogen) atoms. The number of para-hydroxylation sites is 1. The van der Waals surface area contributed by atoms with E-state index < -0.39 is 0 Å². The molecule has 0 spiro atoms. The summed E-state index contributed by atoms with van der Waals surface area (Å²) in [6, 6.07) is 14.2. The van der Waals surface area contributed by atoms with Crippen LogP contribution in [-0.4, -0.2) is 40.5 Å². The van der Waals surface area contributed by atoms with Gasteiger partial charge in [0, 0.05) is 23.7 Å². The molecule has 2 bridgehead atoms. The minimum atomic E-state index is -0.261. The summed E-state index contributed by atoms with van der Waals surface area (Å²) >= 11 is 13.1. The fourth-order valence-corrected chi connectivity index (χ4v) is 6.91. The number of hydrogen-bond donors (Lipinski definition) is 0. The Hall–Kier alpha value is -2.54. The normalized spacial score (nSPS) is 24.1. The number of ether oxygens (including phenoxy) is 2. The first-order valence-corrected chi connectivity index (χ1v) is 14.8. The number of carbonyl (C=O) groups is 1. The lowest BCUT2D eigenvalue weighted by Gasteiger charge is -2.39. The number of fused-ring (bicyclic) bond motifs is 2. The van der Waals surface area contributed by atoms with Gasteiger partial charge < -0.3 is 14.4 Å². The standard InChI is InChI=1S/C31H35Cl2N3O3/c1-18(2)16-39-31(37)21-9-11-22(12-10-21)35-19(3)24-13-23(35)14-29(24)38-17-28-25(20-7-8-20)15-34-36(28)30-26(32)5-4-6-27(30)33/h4-6,9-12,15,18-20,23-24,29H,7-8,13-14,16-17H2,1-3H3/t19-,23+,24+,29-/m1/s1. The Balaban J connectivity index is 1.14. The highest BCUT2D eigenvalue weighted by Crippen LogP contribution is 2.47. The topological polar surface area (TPSA) is 56.6 Å². The van der Waals surface area contributed by atoms with Crippen molar-refractivity contribution in [2.45, 2.75) is 77.2 Å². The third-order valence-electron chi connectivity index (χ3n) is 8.43. The molecule has 2 heterocycles. The quantitative estimate of drug-likeness (QED) is 0.251. The third-order valence-corrected chi connectivity index (χ3v) is 9.04. The number of piperidine rings is 1. The predicted octanol–water partition coefficient (Wildman–Crippen LogP) is 7.44. The van der Waals surface area contributed by atoms with Gasteiger partial charge >= 0.3 is 5.97 Å². The van der Waals surface area contributed by atoms with Gasteiger partial charge in [-0.2, -0.15) is 5.10 Å². The summed E-state index contributed by atoms with van der Waals surface area (Å²) in [4.78, 5) is 14.8. The van der Waals surface area contributed by atoms with Gasteiger partial charge in [0.2, 0.25) is 0 Å². The van der Waals surface area contributed by atoms with E-state index in [0.717, 1.165) is 29.9 Å². The van der Waals surface area contributed by atoms with Crippen molar-refractivity contribution < 1.29 is 14.3 Å². The van der Waals surface area contributed by atoms with E-state index in [1.807, 2.05) is 67.2 Å². The molecule has 3 aromatic rings. The Bertz CT molecular complexity index is 1330. The summed E-state index contributed by atoms with van der Waals surface area (Å²) in [5.74, 6) is 1.04. The minimum Gasteiger partial charge on any atom is -0.462 e. The average molecular weight is 569 g/mol. The molecule has 206 valence electrons. The molecule has 8 heteroatoms. The van der Waals surface area contributed by atoms with E-state index in [-0.39, 0.29) is 12.1 Å². The van der Waals surface area contributed by atoms with Crippen LogP contribution in [-0.2, 0) is 16.1 Å². The SMILES string of the molecule is CC(C)COC(=O)c1ccc(N2[C@H]3C[C@@H]([C@H]2C)[C@H](OCc2c(C4CC4)cnn2-c2c(Cl)cccc2Cl)C3)cc1. The maximum absolute atomic E-state index is 12.3. The molecule has 2 saturated carbocycles. The number of hydrogen-bond acceptors (Lipinski definition) is 5. The van der Waals surface area contributed by atoms with Gasteiger partial charge in [-0.25, -0.2) is 9.48 Å². The first kappa shape index (κ1) is 26.7. The average Bonchev–Trinajstić information content (AvgIpc) is 3.42. The van der Waals surface area contributed by atoms with Gasteiger partial charge in [0.15, 0.2) is 0 Å². The summed E-state index contributed by atoms with van der Waals surface area (Å²) in [5, 5.41) is 5.86. The van der Waals surface area contributed by atoms with Crippen LogP contribution in [0.3, 0.4) is 0 Å². The van der Waals surface area contributed by atoms with Crippen molar-refractivity contribution in [3.8, 4) is 5.69 Å². The molecule has 0 N–H and O–H groups in total. The highest BCUT2D eigenvalue weighted by atomic mass is 35.5. The summed E-state index contributed by atoms with van der Waals surface area (Å²) in [7, 11) is 0. The maximum atomic E-state index is 12.3. The van der Waals surface area contributed by atoms with Crippen LogP contribution in [0.25, 0.3) is 5.69 Å². The van der Waals surface area contributed by atoms with E-state index in [1.54, 1.807) is 0 Å². The van der Waals surface area contributed by atoms with E-state index in [0.29, 0.717) is 58.7 Å². The van der Waals surface area contributed by atoms with Crippen LogP contribution in [0.2, 0.25) is 10.0 Å². The molecule has 1 aromatic heterocycles. The molecule has 6 rings (SSSR count). The Labute approximate surface area is 240 Å². The van der Waals surface area contributed by atoms with Crippen LogP contribution >= 0.6 is 23.2 Å². The molecule has 0 amide bonds. The number of halogens is 2. The second-order valence-corrected chi connectivity index (χ2v) is 12.4. The lowest BCUT2D eigenvalue weighted by Crippen LogP contribution is -2.45. The number of aromatic nitrogens is 2. The van der Waals surface area contributed by atoms with E-state index in [4.69, 9.17) is 37.8 Å². The zero-order valence-electron chi connectivity index (χ0n) is 22.6. The van der Waals surface area contributed by atoms with Crippen molar-refractivity contribution in [2.24, 2.45) is 11.8 Å². The number of esters is 1. The maximum Gasteiger partial charge on any atom is 0.338 e. The summed E-state index contributed by atoms with van der Waals surface area (Å²) in [5.41, 5.74) is 4.77. The molecular weight excluding hydrogens is 533 g/mol. The number of benzene rings is 2. The van der Waals surface area contributed by atoms with Crippen molar-refractivity contribution in [1.82, 2.24) is 9.78 Å². The van der Waals surface area contributed by atoms with E-state index in [9.17, 15) is 4.79 Å². The van der Waals surface area contributed by atoms with Crippen LogP contribution in [0.5, 0.6) is 0 Å². The monoisotopic (exact) mass is 567 g/mol. The summed E-state index contributed by atoms with van der Waals surface area (Å²) < 4.78 is 13.9. The fourth-order valence-electron chi connectivity index (χ4n) is 6.35. The van der Waals surface area contributed by atoms with E-state index in [2.05, 4.69) is 11.8 Å². The molecule has 3 aliphatic rings. The molecular formula is C31H35Cl2N3O3. The van der Waals surface area contributed by atoms with E-state index >= 15 is 0 Å². The highest BCUT2D eigenvalue weighted by Gasteiger charge is 2.50. The molecule has 1 aliphatic heterocycles. The van der Waals surface area contributed by atoms with Gasteiger partial charge in [-0.1, -0.05) is 43.1 Å². The number of rotatable bonds is 9. The Kier molecular flexibility index (Phi) is 7.38. The van der Waals surface area contributed by atoms with Crippen molar-refractivity contribution in [3.63, 3.8) is 0 Å². The second kappa shape index (κ2) is 10.8. The van der Waals surface area contributed by atoms with Crippen LogP contribution in [0.1, 0.15) is 74.0 Å². The molecule has 4 atom stereocenters. The predicted molar refractivity (Wildman–Crippen MR) is 154 cm³/mol. The second-order valence-electron chi connectivity index (χ2n) is 11.6. The highest BCUT2D eigenvalue weighted by molar-refractivity contribution is 6.37. The van der Waals surface area contributed by atoms with Gasteiger partial charge in [0.1, 0.15) is 5.69 Å². The van der Waals surface area contributed by atoms with Gasteiger partial charge in [-0.05, 0) is 86.4 Å². The van der Waals surface area contributed by atoms with Crippen LogP contribution in [0, 0.1) is 11.8 Å². The largest absolute Gasteiger partial charge is 0.462 e. The van der Waals surface area contributed by atoms with Crippen LogP contribution in [0.4, 0.5) is 5.69 Å². The van der Waals surface area contributed by atoms with E-state index in [1.165, 1.54) is 18.4 Å². The van der Waals surface area contributed by atoms with Crippen molar-refractivity contribution in [2.75, 3.05) is 11.5 Å². The smallest absolute Gasteiger partial charge is 0.338 e. The Morgan fingerprint density at radius 3 is 2.44 bits per heavy atom. The summed E-state index contributed by atoms with van der Waals surface area (Å²) in [6.07, 6.45) is 6.60. The summed E-state index contributed by atoms with van der Waals surface area (Å²) in [6.45, 7) is 7.27. The Morgan fingerprint density at radius 1 is 1.08 bits per heavy atom. The molecule has 0 unspecified atom stereocenters. The van der Waals surface area contributed by atoms with Gasteiger partial charge in [0.25, 0.3) is 0 Å². The number of anilines is 1. The van der Waals surface area contributed by atoms with Gasteiger partial charge in [-0.15, -0.1) is 0 Å². The van der Waals surface area contributed by atoms with Gasteiger partial charge in [0.05, 0.1) is 46.8 Å². The molecule has 3 fully saturated rings. The zero-order chi connectivity index (χ0) is 27.3. The fraction of sp³-hybridized carbons (Fsp3) is 0.484. The van der Waals surface area contributed by atoms with Crippen molar-refractivity contribution in [3.05, 3.63) is 75.5 Å². The van der Waals surface area contributed by atoms with Crippen LogP contribution < -0.4 is 4.90 Å². The van der Waals surface area contributed by atoms with Crippen molar-refractivity contribution in [1.29, 1.82) is 0 Å². The third kappa shape index (κ3) is 5.19. The molecule has 2 aliphatic carbocycles. The number of nitrogens with zero attached hydrogens (tertiary/aromatic N) is 3.